The highest BCUT2D eigenvalue weighted by Gasteiger charge is 1.89. The molecule has 0 saturated carbocycles. The smallest absolute Gasteiger partial charge is 0.224 e. The summed E-state index contributed by atoms with van der Waals surface area (Å²) in [6.07, 6.45) is 2.07. The lowest BCUT2D eigenvalue weighted by Crippen LogP contribution is -3.00. The minimum atomic E-state index is 0. The standard InChI is InChI=1S/C5H8NS.HI/c1-2-6-3-4-7-5-6;/h3-5H,2H2,1H3;1H/q+1;/p-1. The molecule has 0 aliphatic rings. The van der Waals surface area contributed by atoms with Crippen molar-refractivity contribution < 1.29 is 28.5 Å². The van der Waals surface area contributed by atoms with Crippen molar-refractivity contribution in [1.82, 2.24) is 0 Å². The number of rotatable bonds is 1. The Morgan fingerprint density at radius 1 is 1.62 bits per heavy atom. The Kier molecular flexibility index (Phi) is 4.45. The molecule has 1 aromatic heterocycles. The number of thiazole rings is 1. The van der Waals surface area contributed by atoms with Gasteiger partial charge in [-0.1, -0.05) is 11.3 Å². The number of aromatic nitrogens is 1. The molecule has 0 aromatic carbocycles. The quantitative estimate of drug-likeness (QED) is 0.398. The molecule has 0 unspecified atom stereocenters. The molecule has 0 aliphatic carbocycles. The highest BCUT2D eigenvalue weighted by molar-refractivity contribution is 7.07. The van der Waals surface area contributed by atoms with E-state index in [2.05, 4.69) is 28.6 Å². The van der Waals surface area contributed by atoms with E-state index in [0.29, 0.717) is 0 Å². The fraction of sp³-hybridized carbons (Fsp3) is 0.400. The van der Waals surface area contributed by atoms with Crippen molar-refractivity contribution in [3.05, 3.63) is 17.1 Å². The van der Waals surface area contributed by atoms with Crippen LogP contribution in [0.2, 0.25) is 0 Å². The van der Waals surface area contributed by atoms with Gasteiger partial charge in [0.15, 0.2) is 6.20 Å². The second-order valence-corrected chi connectivity index (χ2v) is 2.11. The zero-order valence-corrected chi connectivity index (χ0v) is 7.65. The van der Waals surface area contributed by atoms with Crippen LogP contribution >= 0.6 is 11.3 Å². The minimum absolute atomic E-state index is 0. The largest absolute Gasteiger partial charge is 1.00 e. The van der Waals surface area contributed by atoms with E-state index in [0.717, 1.165) is 6.54 Å². The van der Waals surface area contributed by atoms with Gasteiger partial charge in [-0.3, -0.25) is 0 Å². The molecule has 1 heterocycles. The minimum Gasteiger partial charge on any atom is -1.00 e. The van der Waals surface area contributed by atoms with Crippen LogP contribution in [0.1, 0.15) is 6.92 Å². The van der Waals surface area contributed by atoms with E-state index in [9.17, 15) is 0 Å². The molecule has 0 saturated heterocycles. The van der Waals surface area contributed by atoms with Gasteiger partial charge >= 0.3 is 0 Å². The van der Waals surface area contributed by atoms with Crippen LogP contribution < -0.4 is 28.5 Å². The zero-order chi connectivity index (χ0) is 5.11. The molecule has 1 aromatic rings. The monoisotopic (exact) mass is 241 g/mol. The highest BCUT2D eigenvalue weighted by atomic mass is 127. The third kappa shape index (κ3) is 2.09. The first-order chi connectivity index (χ1) is 3.43. The molecule has 0 bridgehead atoms. The van der Waals surface area contributed by atoms with Crippen LogP contribution in [0.4, 0.5) is 0 Å². The first-order valence-electron chi connectivity index (χ1n) is 2.34. The topological polar surface area (TPSA) is 3.88 Å². The number of aryl methyl sites for hydroxylation is 1. The Labute approximate surface area is 70.4 Å². The van der Waals surface area contributed by atoms with E-state index in [-0.39, 0.29) is 24.0 Å². The van der Waals surface area contributed by atoms with Gasteiger partial charge in [0.05, 0.1) is 5.38 Å². The Balaban J connectivity index is 0.000000490. The molecular weight excluding hydrogens is 233 g/mol. The molecule has 0 spiro atoms. The van der Waals surface area contributed by atoms with Crippen LogP contribution in [0.15, 0.2) is 17.1 Å². The van der Waals surface area contributed by atoms with Gasteiger partial charge in [0.1, 0.15) is 6.54 Å². The third-order valence-corrected chi connectivity index (χ3v) is 1.56. The van der Waals surface area contributed by atoms with Gasteiger partial charge in [0, 0.05) is 0 Å². The Hall–Kier alpha value is 0.360. The molecule has 1 nitrogen and oxygen atoms in total. The summed E-state index contributed by atoms with van der Waals surface area (Å²) in [6.45, 7) is 3.22. The summed E-state index contributed by atoms with van der Waals surface area (Å²) in [7, 11) is 0. The first kappa shape index (κ1) is 8.36. The predicted molar refractivity (Wildman–Crippen MR) is 30.2 cm³/mol. The van der Waals surface area contributed by atoms with Gasteiger partial charge in [-0.05, 0) is 6.92 Å². The van der Waals surface area contributed by atoms with Crippen LogP contribution in [-0.2, 0) is 6.54 Å². The molecule has 0 amide bonds. The second kappa shape index (κ2) is 4.26. The fourth-order valence-corrected chi connectivity index (χ4v) is 1.11. The summed E-state index contributed by atoms with van der Waals surface area (Å²) in [6, 6.07) is 0. The van der Waals surface area contributed by atoms with Crippen LogP contribution in [-0.4, -0.2) is 0 Å². The normalized spacial score (nSPS) is 8.12. The zero-order valence-electron chi connectivity index (χ0n) is 4.67. The molecule has 1 rings (SSSR count). The van der Waals surface area contributed by atoms with E-state index < -0.39 is 0 Å². The van der Waals surface area contributed by atoms with Gasteiger partial charge in [-0.25, -0.2) is 0 Å². The van der Waals surface area contributed by atoms with E-state index in [1.54, 1.807) is 11.3 Å². The molecule has 0 radical (unpaired) electrons. The van der Waals surface area contributed by atoms with E-state index in [4.69, 9.17) is 0 Å². The number of halogens is 1. The molecule has 46 valence electrons. The number of nitrogens with zero attached hydrogens (tertiary/aromatic N) is 1. The molecular formula is C5H8INS. The van der Waals surface area contributed by atoms with E-state index in [1.807, 2.05) is 0 Å². The second-order valence-electron chi connectivity index (χ2n) is 1.36. The van der Waals surface area contributed by atoms with Crippen molar-refractivity contribution >= 4 is 11.3 Å². The average Bonchev–Trinajstić information content (AvgIpc) is 2.14. The summed E-state index contributed by atoms with van der Waals surface area (Å²) in [5.41, 5.74) is 2.10. The first-order valence-corrected chi connectivity index (χ1v) is 3.29. The van der Waals surface area contributed by atoms with Crippen molar-refractivity contribution in [3.8, 4) is 0 Å². The lowest BCUT2D eigenvalue weighted by molar-refractivity contribution is -0.688. The summed E-state index contributed by atoms with van der Waals surface area (Å²) in [4.78, 5) is 0. The number of hydrogen-bond donors (Lipinski definition) is 0. The van der Waals surface area contributed by atoms with Gasteiger partial charge in [-0.2, -0.15) is 4.57 Å². The van der Waals surface area contributed by atoms with Crippen molar-refractivity contribution in [1.29, 1.82) is 0 Å². The van der Waals surface area contributed by atoms with Crippen molar-refractivity contribution in [2.24, 2.45) is 0 Å². The lowest BCUT2D eigenvalue weighted by atomic mass is 10.7. The molecule has 0 fully saturated rings. The highest BCUT2D eigenvalue weighted by Crippen LogP contribution is 1.85. The summed E-state index contributed by atoms with van der Waals surface area (Å²) < 4.78 is 2.14. The maximum Gasteiger partial charge on any atom is 0.224 e. The molecule has 0 N–H and O–H groups in total. The van der Waals surface area contributed by atoms with Crippen LogP contribution in [0.5, 0.6) is 0 Å². The van der Waals surface area contributed by atoms with Crippen LogP contribution in [0.25, 0.3) is 0 Å². The van der Waals surface area contributed by atoms with Crippen LogP contribution in [0.3, 0.4) is 0 Å². The Morgan fingerprint density at radius 3 is 2.62 bits per heavy atom. The number of hydrogen-bond acceptors (Lipinski definition) is 1. The summed E-state index contributed by atoms with van der Waals surface area (Å²) >= 11 is 1.73. The summed E-state index contributed by atoms with van der Waals surface area (Å²) in [5, 5.41) is 2.07. The molecule has 8 heavy (non-hydrogen) atoms. The van der Waals surface area contributed by atoms with Gasteiger partial charge in [-0.15, -0.1) is 0 Å². The van der Waals surface area contributed by atoms with Gasteiger partial charge in [0.25, 0.3) is 0 Å². The van der Waals surface area contributed by atoms with Gasteiger partial charge in [0.2, 0.25) is 5.51 Å². The van der Waals surface area contributed by atoms with Crippen molar-refractivity contribution in [2.45, 2.75) is 13.5 Å². The maximum absolute atomic E-state index is 2.14. The van der Waals surface area contributed by atoms with E-state index >= 15 is 0 Å². The lowest BCUT2D eigenvalue weighted by Gasteiger charge is -1.74. The third-order valence-electron chi connectivity index (χ3n) is 0.892. The summed E-state index contributed by atoms with van der Waals surface area (Å²) in [5.74, 6) is 0. The molecule has 0 atom stereocenters. The maximum atomic E-state index is 2.14. The van der Waals surface area contributed by atoms with E-state index in [1.165, 1.54) is 0 Å². The predicted octanol–water partition coefficient (Wildman–Crippen LogP) is -1.94. The Bertz CT molecular complexity index is 127. The fourth-order valence-electron chi connectivity index (χ4n) is 0.442. The average molecular weight is 241 g/mol. The molecule has 0 aliphatic heterocycles. The van der Waals surface area contributed by atoms with Gasteiger partial charge < -0.3 is 24.0 Å². The van der Waals surface area contributed by atoms with Crippen molar-refractivity contribution in [3.63, 3.8) is 0 Å². The van der Waals surface area contributed by atoms with Crippen LogP contribution in [0, 0.1) is 0 Å². The Morgan fingerprint density at radius 2 is 2.38 bits per heavy atom. The SMILES string of the molecule is CC[n+]1ccsc1.[I-]. The van der Waals surface area contributed by atoms with Crippen molar-refractivity contribution in [2.75, 3.05) is 0 Å². The molecule has 3 heteroatoms.